The highest BCUT2D eigenvalue weighted by atomic mass is 15.2. The number of hydrogen-bond acceptors (Lipinski definition) is 4. The molecule has 2 aliphatic rings. The molecule has 19 heavy (non-hydrogen) atoms. The summed E-state index contributed by atoms with van der Waals surface area (Å²) in [4.78, 5) is 4.75. The Balaban J connectivity index is 1.75. The van der Waals surface area contributed by atoms with E-state index in [1.807, 2.05) is 6.92 Å². The Hall–Kier alpha value is -0.630. The summed E-state index contributed by atoms with van der Waals surface area (Å²) >= 11 is 0. The second kappa shape index (κ2) is 6.21. The monoisotopic (exact) mass is 264 g/mol. The van der Waals surface area contributed by atoms with Crippen molar-refractivity contribution < 1.29 is 0 Å². The van der Waals surface area contributed by atoms with Crippen molar-refractivity contribution in [2.45, 2.75) is 44.2 Å². The first-order valence-electron chi connectivity index (χ1n) is 7.57. The lowest BCUT2D eigenvalue weighted by atomic mass is 9.95. The first-order valence-corrected chi connectivity index (χ1v) is 7.57. The number of rotatable bonds is 6. The van der Waals surface area contributed by atoms with E-state index in [-0.39, 0.29) is 5.54 Å². The molecule has 1 saturated carbocycles. The van der Waals surface area contributed by atoms with Gasteiger partial charge in [-0.1, -0.05) is 0 Å². The van der Waals surface area contributed by atoms with Gasteiger partial charge in [0.25, 0.3) is 0 Å². The van der Waals surface area contributed by atoms with Gasteiger partial charge in [-0.3, -0.25) is 5.32 Å². The van der Waals surface area contributed by atoms with Crippen molar-refractivity contribution in [1.82, 2.24) is 15.1 Å². The standard InChI is InChI=1S/C15H28N4/c1-15(11-16,17-14-4-5-14)12-19(3)10-13-6-8-18(2)9-7-13/h13-14,17H,4-10,12H2,1-3H3. The molecule has 0 aromatic heterocycles. The first kappa shape index (κ1) is 14.8. The van der Waals surface area contributed by atoms with Gasteiger partial charge in [-0.15, -0.1) is 0 Å². The highest BCUT2D eigenvalue weighted by Crippen LogP contribution is 2.23. The van der Waals surface area contributed by atoms with Gasteiger partial charge in [0.2, 0.25) is 0 Å². The van der Waals surface area contributed by atoms with Crippen LogP contribution >= 0.6 is 0 Å². The molecule has 0 radical (unpaired) electrons. The Bertz CT molecular complexity index is 326. The van der Waals surface area contributed by atoms with E-state index in [4.69, 9.17) is 0 Å². The number of likely N-dealkylation sites (N-methyl/N-ethyl adjacent to an activating group) is 1. The van der Waals surface area contributed by atoms with Crippen LogP contribution in [0.1, 0.15) is 32.6 Å². The second-order valence-electron chi connectivity index (χ2n) is 6.81. The van der Waals surface area contributed by atoms with E-state index in [1.165, 1.54) is 38.8 Å². The largest absolute Gasteiger partial charge is 0.306 e. The Morgan fingerprint density at radius 3 is 2.47 bits per heavy atom. The topological polar surface area (TPSA) is 42.3 Å². The van der Waals surface area contributed by atoms with Crippen LogP contribution in [0.2, 0.25) is 0 Å². The molecular weight excluding hydrogens is 236 g/mol. The molecule has 0 bridgehead atoms. The zero-order chi connectivity index (χ0) is 13.9. The minimum Gasteiger partial charge on any atom is -0.306 e. The summed E-state index contributed by atoms with van der Waals surface area (Å²) in [5, 5.41) is 12.9. The molecule has 4 nitrogen and oxygen atoms in total. The number of hydrogen-bond donors (Lipinski definition) is 1. The summed E-state index contributed by atoms with van der Waals surface area (Å²) in [5.41, 5.74) is -0.388. The van der Waals surface area contributed by atoms with E-state index >= 15 is 0 Å². The lowest BCUT2D eigenvalue weighted by Gasteiger charge is -2.34. The zero-order valence-corrected chi connectivity index (χ0v) is 12.7. The van der Waals surface area contributed by atoms with E-state index in [1.54, 1.807) is 0 Å². The van der Waals surface area contributed by atoms with Crippen molar-refractivity contribution in [2.75, 3.05) is 40.3 Å². The van der Waals surface area contributed by atoms with Gasteiger partial charge in [0.1, 0.15) is 5.54 Å². The number of nitrogens with zero attached hydrogens (tertiary/aromatic N) is 3. The quantitative estimate of drug-likeness (QED) is 0.785. The minimum absolute atomic E-state index is 0.388. The van der Waals surface area contributed by atoms with Crippen molar-refractivity contribution in [3.8, 4) is 6.07 Å². The van der Waals surface area contributed by atoms with E-state index in [2.05, 4.69) is 35.3 Å². The second-order valence-corrected chi connectivity index (χ2v) is 6.81. The number of nitrogens with one attached hydrogen (secondary N) is 1. The summed E-state index contributed by atoms with van der Waals surface area (Å²) in [6.45, 7) is 6.42. The van der Waals surface area contributed by atoms with Gasteiger partial charge in [0.15, 0.2) is 0 Å². The highest BCUT2D eigenvalue weighted by molar-refractivity contribution is 5.08. The third-order valence-electron chi connectivity index (χ3n) is 4.34. The van der Waals surface area contributed by atoms with Crippen molar-refractivity contribution >= 4 is 0 Å². The maximum Gasteiger partial charge on any atom is 0.116 e. The van der Waals surface area contributed by atoms with Crippen LogP contribution in [0.5, 0.6) is 0 Å². The van der Waals surface area contributed by atoms with E-state index in [0.29, 0.717) is 6.04 Å². The Labute approximate surface area is 117 Å². The van der Waals surface area contributed by atoms with E-state index < -0.39 is 0 Å². The van der Waals surface area contributed by atoms with Crippen LogP contribution in [0.25, 0.3) is 0 Å². The molecule has 1 aliphatic carbocycles. The molecule has 1 heterocycles. The number of likely N-dealkylation sites (tertiary alicyclic amines) is 1. The van der Waals surface area contributed by atoms with E-state index in [9.17, 15) is 5.26 Å². The normalized spacial score (nSPS) is 25.2. The van der Waals surface area contributed by atoms with Crippen LogP contribution in [-0.4, -0.2) is 61.7 Å². The average molecular weight is 264 g/mol. The first-order chi connectivity index (χ1) is 9.00. The molecular formula is C15H28N4. The third kappa shape index (κ3) is 4.76. The lowest BCUT2D eigenvalue weighted by molar-refractivity contribution is 0.162. The van der Waals surface area contributed by atoms with Gasteiger partial charge >= 0.3 is 0 Å². The molecule has 2 fully saturated rings. The molecule has 1 atom stereocenters. The summed E-state index contributed by atoms with van der Waals surface area (Å²) in [5.74, 6) is 0.796. The van der Waals surface area contributed by atoms with E-state index in [0.717, 1.165) is 19.0 Å². The summed E-state index contributed by atoms with van der Waals surface area (Å²) < 4.78 is 0. The smallest absolute Gasteiger partial charge is 0.116 e. The van der Waals surface area contributed by atoms with Gasteiger partial charge in [-0.2, -0.15) is 5.26 Å². The Kier molecular flexibility index (Phi) is 4.83. The molecule has 1 saturated heterocycles. The van der Waals surface area contributed by atoms with Gasteiger partial charge in [-0.25, -0.2) is 0 Å². The molecule has 2 rings (SSSR count). The fourth-order valence-electron chi connectivity index (χ4n) is 3.08. The lowest BCUT2D eigenvalue weighted by Crippen LogP contribution is -2.51. The van der Waals surface area contributed by atoms with Crippen LogP contribution < -0.4 is 5.32 Å². The SMILES string of the molecule is CN1CCC(CN(C)CC(C)(C#N)NC2CC2)CC1. The Morgan fingerprint density at radius 2 is 1.95 bits per heavy atom. The van der Waals surface area contributed by atoms with Gasteiger partial charge < -0.3 is 9.80 Å². The van der Waals surface area contributed by atoms with Crippen molar-refractivity contribution in [3.63, 3.8) is 0 Å². The average Bonchev–Trinajstić information content (AvgIpc) is 3.15. The van der Waals surface area contributed by atoms with Crippen molar-refractivity contribution in [1.29, 1.82) is 5.26 Å². The van der Waals surface area contributed by atoms with Crippen LogP contribution in [0.15, 0.2) is 0 Å². The van der Waals surface area contributed by atoms with Crippen molar-refractivity contribution in [2.24, 2.45) is 5.92 Å². The third-order valence-corrected chi connectivity index (χ3v) is 4.34. The van der Waals surface area contributed by atoms with Crippen molar-refractivity contribution in [3.05, 3.63) is 0 Å². The predicted octanol–water partition coefficient (Wildman–Crippen LogP) is 1.29. The fourth-order valence-corrected chi connectivity index (χ4v) is 3.08. The van der Waals surface area contributed by atoms with Gasteiger partial charge in [0.05, 0.1) is 6.07 Å². The predicted molar refractivity (Wildman–Crippen MR) is 77.9 cm³/mol. The summed E-state index contributed by atoms with van der Waals surface area (Å²) in [7, 11) is 4.36. The summed E-state index contributed by atoms with van der Waals surface area (Å²) in [6.07, 6.45) is 5.05. The van der Waals surface area contributed by atoms with Crippen LogP contribution in [0, 0.1) is 17.2 Å². The highest BCUT2D eigenvalue weighted by Gasteiger charge is 2.33. The molecule has 1 unspecified atom stereocenters. The van der Waals surface area contributed by atoms with Gasteiger partial charge in [-0.05, 0) is 65.7 Å². The molecule has 4 heteroatoms. The number of nitriles is 1. The zero-order valence-electron chi connectivity index (χ0n) is 12.7. The van der Waals surface area contributed by atoms with Gasteiger partial charge in [0, 0.05) is 19.1 Å². The molecule has 0 aromatic rings. The van der Waals surface area contributed by atoms with Crippen LogP contribution in [-0.2, 0) is 0 Å². The molecule has 0 spiro atoms. The molecule has 0 amide bonds. The minimum atomic E-state index is -0.388. The molecule has 1 N–H and O–H groups in total. The molecule has 108 valence electrons. The Morgan fingerprint density at radius 1 is 1.32 bits per heavy atom. The maximum atomic E-state index is 9.41. The molecule has 0 aromatic carbocycles. The maximum absolute atomic E-state index is 9.41. The molecule has 1 aliphatic heterocycles. The van der Waals surface area contributed by atoms with Crippen LogP contribution in [0.4, 0.5) is 0 Å². The summed E-state index contributed by atoms with van der Waals surface area (Å²) in [6, 6.07) is 3.05. The van der Waals surface area contributed by atoms with Crippen LogP contribution in [0.3, 0.4) is 0 Å². The fraction of sp³-hybridized carbons (Fsp3) is 0.933. The number of piperidine rings is 1.